The fraction of sp³-hybridized carbons (Fsp3) is 0.647. The number of ketones is 1. The van der Waals surface area contributed by atoms with E-state index in [1.807, 2.05) is 6.08 Å². The highest BCUT2D eigenvalue weighted by molar-refractivity contribution is 5.99. The van der Waals surface area contributed by atoms with Crippen LogP contribution in [0.1, 0.15) is 39.0 Å². The van der Waals surface area contributed by atoms with E-state index in [1.54, 1.807) is 33.3 Å². The van der Waals surface area contributed by atoms with Gasteiger partial charge < -0.3 is 19.5 Å². The van der Waals surface area contributed by atoms with E-state index in [2.05, 4.69) is 6.92 Å². The van der Waals surface area contributed by atoms with Crippen LogP contribution in [0.4, 0.5) is 0 Å². The maximum absolute atomic E-state index is 12.1. The van der Waals surface area contributed by atoms with Crippen LogP contribution in [0.3, 0.4) is 0 Å². The van der Waals surface area contributed by atoms with Crippen LogP contribution in [-0.4, -0.2) is 54.6 Å². The predicted octanol–water partition coefficient (Wildman–Crippen LogP) is 0.825. The first-order chi connectivity index (χ1) is 10.1. The minimum absolute atomic E-state index is 0.00433. The van der Waals surface area contributed by atoms with Crippen molar-refractivity contribution in [1.29, 1.82) is 0 Å². The van der Waals surface area contributed by atoms with Crippen molar-refractivity contribution >= 4 is 11.8 Å². The van der Waals surface area contributed by atoms with Crippen LogP contribution in [0.5, 0.6) is 0 Å². The molecule has 0 amide bonds. The van der Waals surface area contributed by atoms with E-state index in [0.717, 1.165) is 19.3 Å². The number of likely N-dealkylation sites (N-methyl/N-ethyl adjacent to an activating group) is 1. The zero-order chi connectivity index (χ0) is 17.2. The molecule has 5 nitrogen and oxygen atoms in total. The molecule has 0 saturated carbocycles. The van der Waals surface area contributed by atoms with Crippen LogP contribution in [0.15, 0.2) is 24.3 Å². The normalized spacial score (nSPS) is 15.3. The maximum Gasteiger partial charge on any atom is 0.193 e. The standard InChI is InChI=1S/C17H29NO4/c1-5-6-7-8-9-10-11-12-15(19)17(22,13-16(20)21)14-18(2,3)4/h9-12,22H,5-8,13-14H2,1-4H3/b10-9-,12-11+. The molecule has 22 heavy (non-hydrogen) atoms. The Hall–Kier alpha value is -1.46. The quantitative estimate of drug-likeness (QED) is 0.265. The number of hydrogen-bond donors (Lipinski definition) is 1. The number of carbonyl (C=O) groups excluding carboxylic acids is 2. The van der Waals surface area contributed by atoms with Crippen molar-refractivity contribution in [3.63, 3.8) is 0 Å². The summed E-state index contributed by atoms with van der Waals surface area (Å²) in [5.41, 5.74) is -1.94. The Morgan fingerprint density at radius 2 is 1.82 bits per heavy atom. The summed E-state index contributed by atoms with van der Waals surface area (Å²) in [5, 5.41) is 21.2. The van der Waals surface area contributed by atoms with Crippen LogP contribution in [-0.2, 0) is 9.59 Å². The van der Waals surface area contributed by atoms with Crippen molar-refractivity contribution in [2.45, 2.75) is 44.6 Å². The molecule has 0 aromatic carbocycles. The summed E-state index contributed by atoms with van der Waals surface area (Å²) < 4.78 is 0.274. The summed E-state index contributed by atoms with van der Waals surface area (Å²) in [4.78, 5) is 23.0. The number of aliphatic carboxylic acids is 1. The Labute approximate surface area is 133 Å². The topological polar surface area (TPSA) is 77.4 Å². The number of quaternary nitrogens is 1. The van der Waals surface area contributed by atoms with Gasteiger partial charge in [0.15, 0.2) is 11.4 Å². The molecule has 126 valence electrons. The summed E-state index contributed by atoms with van der Waals surface area (Å²) in [5.74, 6) is -2.05. The summed E-state index contributed by atoms with van der Waals surface area (Å²) in [6.45, 7) is 2.14. The van der Waals surface area contributed by atoms with Crippen LogP contribution in [0, 0.1) is 0 Å². The second-order valence-electron chi connectivity index (χ2n) is 6.68. The smallest absolute Gasteiger partial charge is 0.193 e. The molecule has 0 spiro atoms. The van der Waals surface area contributed by atoms with Crippen molar-refractivity contribution in [3.8, 4) is 0 Å². The highest BCUT2D eigenvalue weighted by Gasteiger charge is 2.39. The van der Waals surface area contributed by atoms with Gasteiger partial charge in [0.2, 0.25) is 0 Å². The van der Waals surface area contributed by atoms with E-state index in [0.29, 0.717) is 0 Å². The fourth-order valence-electron chi connectivity index (χ4n) is 2.23. The molecule has 1 unspecified atom stereocenters. The number of hydrogen-bond acceptors (Lipinski definition) is 4. The average Bonchev–Trinajstić information content (AvgIpc) is 2.34. The van der Waals surface area contributed by atoms with E-state index >= 15 is 0 Å². The Kier molecular flexibility index (Phi) is 8.90. The Morgan fingerprint density at radius 1 is 1.18 bits per heavy atom. The number of unbranched alkanes of at least 4 members (excludes halogenated alkanes) is 3. The van der Waals surface area contributed by atoms with Gasteiger partial charge in [-0.25, -0.2) is 0 Å². The molecule has 0 aromatic rings. The summed E-state index contributed by atoms with van der Waals surface area (Å²) in [6, 6.07) is 0. The molecule has 0 aliphatic rings. The summed E-state index contributed by atoms with van der Waals surface area (Å²) in [7, 11) is 5.35. The minimum Gasteiger partial charge on any atom is -0.550 e. The van der Waals surface area contributed by atoms with Crippen molar-refractivity contribution in [3.05, 3.63) is 24.3 Å². The first-order valence-corrected chi connectivity index (χ1v) is 7.71. The second kappa shape index (κ2) is 9.54. The highest BCUT2D eigenvalue weighted by Crippen LogP contribution is 2.16. The van der Waals surface area contributed by atoms with Crippen molar-refractivity contribution in [2.75, 3.05) is 27.7 Å². The molecule has 5 heteroatoms. The SMILES string of the molecule is CCCCC/C=C\C=C\C(=O)C(O)(CC(=O)[O-])C[N+](C)(C)C. The molecule has 0 aromatic heterocycles. The minimum atomic E-state index is -1.94. The van der Waals surface area contributed by atoms with Gasteiger partial charge in [-0.05, 0) is 18.9 Å². The Morgan fingerprint density at radius 3 is 2.32 bits per heavy atom. The zero-order valence-corrected chi connectivity index (χ0v) is 14.2. The molecule has 0 heterocycles. The van der Waals surface area contributed by atoms with Crippen LogP contribution in [0.2, 0.25) is 0 Å². The maximum atomic E-state index is 12.1. The van der Waals surface area contributed by atoms with Gasteiger partial charge in [0, 0.05) is 12.4 Å². The number of carboxylic acid groups (broad SMARTS) is 1. The molecular formula is C17H29NO4. The van der Waals surface area contributed by atoms with Crippen molar-refractivity contribution in [2.24, 2.45) is 0 Å². The molecule has 0 rings (SSSR count). The number of allylic oxidation sites excluding steroid dienone is 3. The molecule has 1 N–H and O–H groups in total. The molecule has 0 aliphatic carbocycles. The number of carboxylic acids is 1. The van der Waals surface area contributed by atoms with Gasteiger partial charge in [-0.3, -0.25) is 4.79 Å². The largest absolute Gasteiger partial charge is 0.550 e. The number of rotatable bonds is 11. The third-order valence-electron chi connectivity index (χ3n) is 3.10. The van der Waals surface area contributed by atoms with Crippen molar-refractivity contribution < 1.29 is 24.3 Å². The molecule has 0 saturated heterocycles. The van der Waals surface area contributed by atoms with E-state index in [4.69, 9.17) is 0 Å². The second-order valence-corrected chi connectivity index (χ2v) is 6.68. The Bertz CT molecular complexity index is 421. The average molecular weight is 311 g/mol. The monoisotopic (exact) mass is 311 g/mol. The molecular weight excluding hydrogens is 282 g/mol. The number of aliphatic hydroxyl groups is 1. The summed E-state index contributed by atoms with van der Waals surface area (Å²) in [6.07, 6.45) is 10.1. The molecule has 0 aliphatic heterocycles. The Balaban J connectivity index is 4.73. The fourth-order valence-corrected chi connectivity index (χ4v) is 2.23. The predicted molar refractivity (Wildman–Crippen MR) is 84.9 cm³/mol. The lowest BCUT2D eigenvalue weighted by Gasteiger charge is -2.34. The molecule has 0 fully saturated rings. The van der Waals surface area contributed by atoms with E-state index < -0.39 is 23.8 Å². The molecule has 0 radical (unpaired) electrons. The van der Waals surface area contributed by atoms with E-state index in [9.17, 15) is 19.8 Å². The van der Waals surface area contributed by atoms with Crippen LogP contribution < -0.4 is 5.11 Å². The van der Waals surface area contributed by atoms with E-state index in [1.165, 1.54) is 12.5 Å². The summed E-state index contributed by atoms with van der Waals surface area (Å²) >= 11 is 0. The number of carbonyl (C=O) groups is 2. The molecule has 0 bridgehead atoms. The van der Waals surface area contributed by atoms with Crippen molar-refractivity contribution in [1.82, 2.24) is 0 Å². The lowest BCUT2D eigenvalue weighted by Crippen LogP contribution is -2.55. The first kappa shape index (κ1) is 20.5. The van der Waals surface area contributed by atoms with Crippen LogP contribution >= 0.6 is 0 Å². The third kappa shape index (κ3) is 9.47. The number of nitrogens with zero attached hydrogens (tertiary/aromatic N) is 1. The highest BCUT2D eigenvalue weighted by atomic mass is 16.4. The zero-order valence-electron chi connectivity index (χ0n) is 14.2. The first-order valence-electron chi connectivity index (χ1n) is 7.71. The van der Waals surface area contributed by atoms with Gasteiger partial charge in [0.25, 0.3) is 0 Å². The van der Waals surface area contributed by atoms with Gasteiger partial charge in [-0.15, -0.1) is 0 Å². The van der Waals surface area contributed by atoms with Gasteiger partial charge in [-0.1, -0.05) is 38.0 Å². The van der Waals surface area contributed by atoms with Gasteiger partial charge in [0.05, 0.1) is 21.1 Å². The third-order valence-corrected chi connectivity index (χ3v) is 3.10. The van der Waals surface area contributed by atoms with Gasteiger partial charge in [0.1, 0.15) is 6.54 Å². The van der Waals surface area contributed by atoms with Gasteiger partial charge in [-0.2, -0.15) is 0 Å². The van der Waals surface area contributed by atoms with Crippen LogP contribution in [0.25, 0.3) is 0 Å². The molecule has 1 atom stereocenters. The van der Waals surface area contributed by atoms with Gasteiger partial charge >= 0.3 is 0 Å². The van der Waals surface area contributed by atoms with E-state index in [-0.39, 0.29) is 11.0 Å². The lowest BCUT2D eigenvalue weighted by atomic mass is 9.92. The lowest BCUT2D eigenvalue weighted by molar-refractivity contribution is -0.875.